The number of rotatable bonds is 2. The van der Waals surface area contributed by atoms with E-state index in [0.29, 0.717) is 37.0 Å². The number of carbonyl (C=O) groups excluding carboxylic acids is 4. The molecule has 2 saturated carbocycles. The SMILES string of the molecule is COC(=O)C1C(=O)C(C)=C2OC3(CC2(C)C1C)C(C)C(OC(C)=O)CC1C(C)(C)C(=O)CCC13C. The van der Waals surface area contributed by atoms with Crippen LogP contribution in [0.5, 0.6) is 0 Å². The minimum Gasteiger partial charge on any atom is -0.490 e. The summed E-state index contributed by atoms with van der Waals surface area (Å²) in [6.45, 7) is 15.4. The Bertz CT molecular complexity index is 1020. The van der Waals surface area contributed by atoms with Crippen LogP contribution in [0.4, 0.5) is 0 Å². The van der Waals surface area contributed by atoms with Crippen molar-refractivity contribution in [1.29, 1.82) is 0 Å². The quantitative estimate of drug-likeness (QED) is 0.419. The van der Waals surface area contributed by atoms with Crippen LogP contribution in [0.3, 0.4) is 0 Å². The van der Waals surface area contributed by atoms with Gasteiger partial charge in [0.15, 0.2) is 5.78 Å². The third-order valence-electron chi connectivity index (χ3n) is 10.7. The van der Waals surface area contributed by atoms with Crippen LogP contribution < -0.4 is 0 Å². The zero-order valence-corrected chi connectivity index (χ0v) is 22.6. The van der Waals surface area contributed by atoms with Crippen molar-refractivity contribution in [3.05, 3.63) is 11.3 Å². The topological polar surface area (TPSA) is 96.0 Å². The van der Waals surface area contributed by atoms with E-state index < -0.39 is 39.8 Å². The van der Waals surface area contributed by atoms with Gasteiger partial charge in [0.2, 0.25) is 0 Å². The molecule has 4 rings (SSSR count). The van der Waals surface area contributed by atoms with Gasteiger partial charge in [-0.05, 0) is 31.6 Å². The van der Waals surface area contributed by atoms with E-state index in [-0.39, 0.29) is 35.3 Å². The molecule has 0 aromatic carbocycles. The van der Waals surface area contributed by atoms with Crippen molar-refractivity contribution in [2.24, 2.45) is 39.9 Å². The Balaban J connectivity index is 1.91. The van der Waals surface area contributed by atoms with E-state index in [1.807, 2.05) is 20.8 Å². The minimum absolute atomic E-state index is 0.0659. The van der Waals surface area contributed by atoms with E-state index in [1.165, 1.54) is 14.0 Å². The number of Topliss-reactive ketones (excluding diaryl/α,β-unsaturated/α-hetero) is 2. The maximum absolute atomic E-state index is 13.3. The predicted molar refractivity (Wildman–Crippen MR) is 128 cm³/mol. The van der Waals surface area contributed by atoms with Crippen LogP contribution in [-0.4, -0.2) is 42.3 Å². The second kappa shape index (κ2) is 7.91. The van der Waals surface area contributed by atoms with Crippen molar-refractivity contribution in [1.82, 2.24) is 0 Å². The number of hydrogen-bond acceptors (Lipinski definition) is 7. The number of allylic oxidation sites excluding steroid dienone is 2. The number of methoxy groups -OCH3 is 1. The van der Waals surface area contributed by atoms with Crippen molar-refractivity contribution in [3.63, 3.8) is 0 Å². The van der Waals surface area contributed by atoms with Crippen molar-refractivity contribution in [2.75, 3.05) is 7.11 Å². The highest BCUT2D eigenvalue weighted by atomic mass is 16.6. The number of ether oxygens (including phenoxy) is 3. The Kier molecular flexibility index (Phi) is 5.85. The Morgan fingerprint density at radius 3 is 2.26 bits per heavy atom. The Morgan fingerprint density at radius 2 is 1.69 bits per heavy atom. The molecular weight excluding hydrogens is 448 g/mol. The normalized spacial score (nSPS) is 44.4. The fourth-order valence-electron chi connectivity index (χ4n) is 8.33. The van der Waals surface area contributed by atoms with E-state index in [4.69, 9.17) is 14.2 Å². The second-order valence-corrected chi connectivity index (χ2v) is 12.5. The Labute approximate surface area is 208 Å². The Hall–Kier alpha value is -2.18. The average molecular weight is 489 g/mol. The molecule has 8 atom stereocenters. The van der Waals surface area contributed by atoms with E-state index in [0.717, 1.165) is 0 Å². The summed E-state index contributed by atoms with van der Waals surface area (Å²) in [6.07, 6.45) is 1.88. The van der Waals surface area contributed by atoms with Gasteiger partial charge in [0.05, 0.1) is 7.11 Å². The largest absolute Gasteiger partial charge is 0.490 e. The molecule has 3 aliphatic carbocycles. The van der Waals surface area contributed by atoms with Crippen LogP contribution in [0.25, 0.3) is 0 Å². The first-order chi connectivity index (χ1) is 16.1. The summed E-state index contributed by atoms with van der Waals surface area (Å²) < 4.78 is 17.9. The molecule has 0 aromatic heterocycles. The highest BCUT2D eigenvalue weighted by Gasteiger charge is 2.74. The molecule has 3 fully saturated rings. The number of esters is 2. The molecule has 0 N–H and O–H groups in total. The first-order valence-electron chi connectivity index (χ1n) is 12.8. The van der Waals surface area contributed by atoms with Crippen LogP contribution in [0, 0.1) is 39.9 Å². The predicted octanol–water partition coefficient (Wildman–Crippen LogP) is 4.42. The first kappa shape index (κ1) is 25.9. The van der Waals surface area contributed by atoms with Crippen LogP contribution in [0.15, 0.2) is 11.3 Å². The Morgan fingerprint density at radius 1 is 1.06 bits per heavy atom. The third kappa shape index (κ3) is 3.21. The molecule has 4 aliphatic rings. The monoisotopic (exact) mass is 488 g/mol. The number of fused-ring (bicyclic) bond motifs is 3. The molecule has 8 unspecified atom stereocenters. The van der Waals surface area contributed by atoms with E-state index in [2.05, 4.69) is 20.8 Å². The zero-order valence-electron chi connectivity index (χ0n) is 22.6. The molecule has 0 radical (unpaired) electrons. The van der Waals surface area contributed by atoms with Gasteiger partial charge in [-0.25, -0.2) is 0 Å². The molecule has 0 amide bonds. The average Bonchev–Trinajstić information content (AvgIpc) is 3.12. The van der Waals surface area contributed by atoms with Crippen LogP contribution >= 0.6 is 0 Å². The fraction of sp³-hybridized carbons (Fsp3) is 0.786. The minimum atomic E-state index is -0.886. The molecule has 35 heavy (non-hydrogen) atoms. The van der Waals surface area contributed by atoms with Gasteiger partial charge in [-0.15, -0.1) is 0 Å². The lowest BCUT2D eigenvalue weighted by molar-refractivity contribution is -0.234. The summed E-state index contributed by atoms with van der Waals surface area (Å²) in [7, 11) is 1.31. The molecule has 1 saturated heterocycles. The fourth-order valence-corrected chi connectivity index (χ4v) is 8.33. The molecule has 0 bridgehead atoms. The molecule has 1 heterocycles. The van der Waals surface area contributed by atoms with Crippen LogP contribution in [0.2, 0.25) is 0 Å². The van der Waals surface area contributed by atoms with Crippen LogP contribution in [0.1, 0.15) is 81.1 Å². The van der Waals surface area contributed by atoms with Crippen LogP contribution in [-0.2, 0) is 33.4 Å². The third-order valence-corrected chi connectivity index (χ3v) is 10.7. The second-order valence-electron chi connectivity index (χ2n) is 12.5. The smallest absolute Gasteiger partial charge is 0.316 e. The molecule has 1 aliphatic heterocycles. The molecule has 0 aromatic rings. The molecule has 7 heteroatoms. The van der Waals surface area contributed by atoms with Gasteiger partial charge in [0.25, 0.3) is 0 Å². The van der Waals surface area contributed by atoms with Crippen molar-refractivity contribution < 1.29 is 33.4 Å². The van der Waals surface area contributed by atoms with Crippen molar-refractivity contribution in [3.8, 4) is 0 Å². The number of ketones is 2. The van der Waals surface area contributed by atoms with E-state index in [1.54, 1.807) is 6.92 Å². The molecular formula is C28H40O7. The summed E-state index contributed by atoms with van der Waals surface area (Å²) in [4.78, 5) is 51.2. The van der Waals surface area contributed by atoms with Gasteiger partial charge < -0.3 is 14.2 Å². The van der Waals surface area contributed by atoms with Crippen molar-refractivity contribution in [2.45, 2.75) is 92.8 Å². The number of hydrogen-bond donors (Lipinski definition) is 0. The molecule has 194 valence electrons. The lowest BCUT2D eigenvalue weighted by Crippen LogP contribution is -2.67. The summed E-state index contributed by atoms with van der Waals surface area (Å²) >= 11 is 0. The summed E-state index contributed by atoms with van der Waals surface area (Å²) in [5.74, 6) is -1.72. The highest BCUT2D eigenvalue weighted by molar-refractivity contribution is 6.09. The standard InChI is InChI=1S/C28H40O7/c1-14-22(31)21(24(32)33-9)16(3)26(7)13-28(35-23(14)26)15(2)18(34-17(4)29)12-19-25(5,6)20(30)10-11-27(19,28)8/h15-16,18-19,21H,10-13H2,1-9H3. The lowest BCUT2D eigenvalue weighted by atomic mass is 9.42. The number of carbonyl (C=O) groups is 4. The maximum Gasteiger partial charge on any atom is 0.316 e. The summed E-state index contributed by atoms with van der Waals surface area (Å²) in [5, 5.41) is 0. The van der Waals surface area contributed by atoms with Gasteiger partial charge in [0, 0.05) is 47.5 Å². The van der Waals surface area contributed by atoms with Crippen molar-refractivity contribution >= 4 is 23.5 Å². The van der Waals surface area contributed by atoms with E-state index >= 15 is 0 Å². The van der Waals surface area contributed by atoms with Gasteiger partial charge >= 0.3 is 11.9 Å². The zero-order chi connectivity index (χ0) is 26.3. The molecule has 1 spiro atoms. The first-order valence-corrected chi connectivity index (χ1v) is 12.8. The lowest BCUT2D eigenvalue weighted by Gasteiger charge is -2.63. The van der Waals surface area contributed by atoms with E-state index in [9.17, 15) is 19.2 Å². The van der Waals surface area contributed by atoms with Gasteiger partial charge in [0.1, 0.15) is 29.2 Å². The molecule has 7 nitrogen and oxygen atoms in total. The maximum atomic E-state index is 13.3. The highest BCUT2D eigenvalue weighted by Crippen LogP contribution is 2.71. The van der Waals surface area contributed by atoms with Gasteiger partial charge in [-0.2, -0.15) is 0 Å². The summed E-state index contributed by atoms with van der Waals surface area (Å²) in [5.41, 5.74) is -1.87. The summed E-state index contributed by atoms with van der Waals surface area (Å²) in [6, 6.07) is 0. The van der Waals surface area contributed by atoms with Gasteiger partial charge in [-0.3, -0.25) is 19.2 Å². The van der Waals surface area contributed by atoms with Gasteiger partial charge in [-0.1, -0.05) is 41.5 Å².